The number of halogens is 1. The number of hydrogen-bond donors (Lipinski definition) is 2. The lowest BCUT2D eigenvalue weighted by Crippen LogP contribution is -2.38. The number of aryl methyl sites for hydroxylation is 2. The quantitative estimate of drug-likeness (QED) is 0.438. The zero-order chi connectivity index (χ0) is 14.4. The van der Waals surface area contributed by atoms with Crippen molar-refractivity contribution in [1.29, 1.82) is 0 Å². The maximum Gasteiger partial charge on any atom is 0.191 e. The highest BCUT2D eigenvalue weighted by Crippen LogP contribution is 1.96. The van der Waals surface area contributed by atoms with Crippen molar-refractivity contribution in [3.8, 4) is 0 Å². The number of guanidine groups is 1. The number of hydrogen-bond acceptors (Lipinski definition) is 3. The molecule has 0 amide bonds. The third-order valence-corrected chi connectivity index (χ3v) is 3.05. The highest BCUT2D eigenvalue weighted by molar-refractivity contribution is 14.0. The van der Waals surface area contributed by atoms with Gasteiger partial charge in [-0.2, -0.15) is 10.2 Å². The molecule has 0 aliphatic heterocycles. The molecule has 0 spiro atoms. The van der Waals surface area contributed by atoms with Crippen molar-refractivity contribution < 1.29 is 0 Å². The zero-order valence-corrected chi connectivity index (χ0v) is 14.9. The number of aliphatic imine (C=N–C) groups is 1. The molecule has 0 aliphatic carbocycles. The van der Waals surface area contributed by atoms with E-state index < -0.39 is 0 Å². The maximum atomic E-state index is 4.20. The predicted octanol–water partition coefficient (Wildman–Crippen LogP) is 0.679. The summed E-state index contributed by atoms with van der Waals surface area (Å²) in [6.07, 6.45) is 6.61. The highest BCUT2D eigenvalue weighted by atomic mass is 127. The topological polar surface area (TPSA) is 72.1 Å². The van der Waals surface area contributed by atoms with Gasteiger partial charge in [0, 0.05) is 40.1 Å². The fourth-order valence-corrected chi connectivity index (χ4v) is 1.90. The minimum Gasteiger partial charge on any atom is -0.356 e. The van der Waals surface area contributed by atoms with E-state index in [1.165, 1.54) is 5.56 Å². The van der Waals surface area contributed by atoms with Crippen LogP contribution in [0.2, 0.25) is 0 Å². The highest BCUT2D eigenvalue weighted by Gasteiger charge is 2.02. The van der Waals surface area contributed by atoms with Crippen LogP contribution in [0.3, 0.4) is 0 Å². The van der Waals surface area contributed by atoms with Crippen LogP contribution in [0.25, 0.3) is 0 Å². The Kier molecular flexibility index (Phi) is 7.20. The van der Waals surface area contributed by atoms with Gasteiger partial charge >= 0.3 is 0 Å². The summed E-state index contributed by atoms with van der Waals surface area (Å²) in [5.74, 6) is 0.787. The van der Waals surface area contributed by atoms with Crippen LogP contribution in [0.4, 0.5) is 0 Å². The zero-order valence-electron chi connectivity index (χ0n) is 12.6. The molecule has 2 aromatic heterocycles. The van der Waals surface area contributed by atoms with Gasteiger partial charge in [0.05, 0.1) is 18.4 Å². The first-order chi connectivity index (χ1) is 9.69. The van der Waals surface area contributed by atoms with Gasteiger partial charge in [0.1, 0.15) is 0 Å². The minimum atomic E-state index is 0. The third kappa shape index (κ3) is 5.37. The molecule has 0 atom stereocenters. The molecule has 7 nitrogen and oxygen atoms in total. The molecule has 0 bridgehead atoms. The van der Waals surface area contributed by atoms with Crippen molar-refractivity contribution in [1.82, 2.24) is 30.2 Å². The van der Waals surface area contributed by atoms with Crippen LogP contribution in [0.5, 0.6) is 0 Å². The summed E-state index contributed by atoms with van der Waals surface area (Å²) in [5.41, 5.74) is 2.32. The molecule has 0 fully saturated rings. The summed E-state index contributed by atoms with van der Waals surface area (Å²) in [6, 6.07) is 1.98. The first-order valence-corrected chi connectivity index (χ1v) is 6.58. The minimum absolute atomic E-state index is 0. The molecule has 2 aromatic rings. The maximum absolute atomic E-state index is 4.20. The lowest BCUT2D eigenvalue weighted by atomic mass is 10.2. The van der Waals surface area contributed by atoms with E-state index in [1.54, 1.807) is 13.2 Å². The van der Waals surface area contributed by atoms with Gasteiger partial charge in [0.25, 0.3) is 0 Å². The molecule has 0 radical (unpaired) electrons. The van der Waals surface area contributed by atoms with E-state index in [9.17, 15) is 0 Å². The lowest BCUT2D eigenvalue weighted by molar-refractivity contribution is 0.684. The van der Waals surface area contributed by atoms with Crippen molar-refractivity contribution in [2.75, 3.05) is 13.6 Å². The van der Waals surface area contributed by atoms with Crippen LogP contribution in [-0.4, -0.2) is 39.1 Å². The second kappa shape index (κ2) is 8.65. The largest absolute Gasteiger partial charge is 0.356 e. The van der Waals surface area contributed by atoms with Gasteiger partial charge in [-0.15, -0.1) is 24.0 Å². The second-order valence-corrected chi connectivity index (χ2v) is 4.57. The van der Waals surface area contributed by atoms with Crippen molar-refractivity contribution in [2.45, 2.75) is 13.0 Å². The average Bonchev–Trinajstić information content (AvgIpc) is 3.03. The van der Waals surface area contributed by atoms with Gasteiger partial charge in [0.2, 0.25) is 0 Å². The Bertz CT molecular complexity index is 573. The van der Waals surface area contributed by atoms with E-state index in [0.717, 1.165) is 24.6 Å². The van der Waals surface area contributed by atoms with E-state index in [2.05, 4.69) is 25.8 Å². The van der Waals surface area contributed by atoms with E-state index in [-0.39, 0.29) is 24.0 Å². The molecule has 8 heteroatoms. The normalized spacial score (nSPS) is 11.1. The first kappa shape index (κ1) is 17.5. The van der Waals surface area contributed by atoms with Crippen molar-refractivity contribution >= 4 is 29.9 Å². The molecule has 0 unspecified atom stereocenters. The van der Waals surface area contributed by atoms with E-state index in [4.69, 9.17) is 0 Å². The van der Waals surface area contributed by atoms with Crippen LogP contribution in [-0.2, 0) is 27.1 Å². The average molecular weight is 403 g/mol. The smallest absolute Gasteiger partial charge is 0.191 e. The summed E-state index contributed by atoms with van der Waals surface area (Å²) in [7, 11) is 5.61. The standard InChI is InChI=1S/C13H21N7.HI/c1-14-13(16-9-12-5-7-17-20(12)3)15-6-4-11-8-18-19(2)10-11;/h5,7-8,10H,4,6,9H2,1-3H3,(H2,14,15,16);1H. The van der Waals surface area contributed by atoms with Gasteiger partial charge in [-0.3, -0.25) is 14.4 Å². The molecule has 0 aliphatic rings. The molecule has 2 N–H and O–H groups in total. The van der Waals surface area contributed by atoms with E-state index in [0.29, 0.717) is 6.54 Å². The first-order valence-electron chi connectivity index (χ1n) is 6.58. The van der Waals surface area contributed by atoms with Crippen LogP contribution in [0, 0.1) is 0 Å². The van der Waals surface area contributed by atoms with Crippen LogP contribution in [0.15, 0.2) is 29.6 Å². The Morgan fingerprint density at radius 1 is 1.29 bits per heavy atom. The van der Waals surface area contributed by atoms with Gasteiger partial charge in [-0.1, -0.05) is 0 Å². The lowest BCUT2D eigenvalue weighted by Gasteiger charge is -2.11. The molecule has 2 heterocycles. The van der Waals surface area contributed by atoms with Gasteiger partial charge < -0.3 is 10.6 Å². The SMILES string of the molecule is CN=C(NCCc1cnn(C)c1)NCc1ccnn1C.I. The van der Waals surface area contributed by atoms with Crippen molar-refractivity contribution in [3.63, 3.8) is 0 Å². The number of aromatic nitrogens is 4. The fourth-order valence-electron chi connectivity index (χ4n) is 1.90. The Labute approximate surface area is 141 Å². The predicted molar refractivity (Wildman–Crippen MR) is 93.7 cm³/mol. The summed E-state index contributed by atoms with van der Waals surface area (Å²) < 4.78 is 3.65. The van der Waals surface area contributed by atoms with Crippen LogP contribution in [0.1, 0.15) is 11.3 Å². The molecular weight excluding hydrogens is 381 g/mol. The Morgan fingerprint density at radius 3 is 2.67 bits per heavy atom. The van der Waals surface area contributed by atoms with Crippen molar-refractivity contribution in [3.05, 3.63) is 35.9 Å². The Morgan fingerprint density at radius 2 is 2.10 bits per heavy atom. The Hall–Kier alpha value is -1.58. The molecule has 0 aromatic carbocycles. The van der Waals surface area contributed by atoms with Crippen LogP contribution >= 0.6 is 24.0 Å². The summed E-state index contributed by atoms with van der Waals surface area (Å²) in [5, 5.41) is 14.8. The molecule has 21 heavy (non-hydrogen) atoms. The summed E-state index contributed by atoms with van der Waals surface area (Å²) >= 11 is 0. The van der Waals surface area contributed by atoms with Crippen LogP contribution < -0.4 is 10.6 Å². The Balaban J connectivity index is 0.00000220. The summed E-state index contributed by atoms with van der Waals surface area (Å²) in [6.45, 7) is 1.51. The van der Waals surface area contributed by atoms with E-state index in [1.807, 2.05) is 41.9 Å². The summed E-state index contributed by atoms with van der Waals surface area (Å²) in [4.78, 5) is 4.20. The molecule has 0 saturated heterocycles. The third-order valence-electron chi connectivity index (χ3n) is 3.05. The fraction of sp³-hybridized carbons (Fsp3) is 0.462. The molecule has 0 saturated carbocycles. The monoisotopic (exact) mass is 403 g/mol. The van der Waals surface area contributed by atoms with Gasteiger partial charge in [0.15, 0.2) is 5.96 Å². The van der Waals surface area contributed by atoms with Gasteiger partial charge in [-0.05, 0) is 18.1 Å². The molecule has 116 valence electrons. The van der Waals surface area contributed by atoms with Gasteiger partial charge in [-0.25, -0.2) is 0 Å². The second-order valence-electron chi connectivity index (χ2n) is 4.57. The number of nitrogens with one attached hydrogen (secondary N) is 2. The van der Waals surface area contributed by atoms with Crippen molar-refractivity contribution in [2.24, 2.45) is 19.1 Å². The molecule has 2 rings (SSSR count). The number of nitrogens with zero attached hydrogens (tertiary/aromatic N) is 5. The van der Waals surface area contributed by atoms with E-state index >= 15 is 0 Å². The molecular formula is C13H22IN7. The number of rotatable bonds is 5.